The molecular weight excluding hydrogens is 276 g/mol. The summed E-state index contributed by atoms with van der Waals surface area (Å²) in [6.07, 6.45) is 2.46. The molecule has 0 radical (unpaired) electrons. The monoisotopic (exact) mass is 296 g/mol. The van der Waals surface area contributed by atoms with Gasteiger partial charge in [0.2, 0.25) is 5.91 Å². The molecule has 2 atom stereocenters. The fraction of sp³-hybridized carbons (Fsp3) is 0.294. The van der Waals surface area contributed by atoms with Gasteiger partial charge in [-0.2, -0.15) is 0 Å². The van der Waals surface area contributed by atoms with Gasteiger partial charge < -0.3 is 5.32 Å². The normalized spacial score (nSPS) is 20.8. The summed E-state index contributed by atoms with van der Waals surface area (Å²) in [5.74, 6) is -0.00670. The van der Waals surface area contributed by atoms with Crippen LogP contribution in [0.15, 0.2) is 48.7 Å². The molecule has 1 saturated heterocycles. The second kappa shape index (κ2) is 6.68. The van der Waals surface area contributed by atoms with Crippen molar-refractivity contribution < 1.29 is 4.79 Å². The first-order valence-corrected chi connectivity index (χ1v) is 7.47. The van der Waals surface area contributed by atoms with E-state index in [1.165, 1.54) is 11.1 Å². The van der Waals surface area contributed by atoms with Gasteiger partial charge >= 0.3 is 0 Å². The summed E-state index contributed by atoms with van der Waals surface area (Å²) in [7, 11) is 0. The Bertz CT molecular complexity index is 627. The van der Waals surface area contributed by atoms with Gasteiger partial charge in [0, 0.05) is 12.2 Å². The van der Waals surface area contributed by atoms with Crippen molar-refractivity contribution in [2.24, 2.45) is 0 Å². The Morgan fingerprint density at radius 3 is 2.77 bits per heavy atom. The zero-order valence-electron chi connectivity index (χ0n) is 12.5. The van der Waals surface area contributed by atoms with Gasteiger partial charge in [0.1, 0.15) is 6.04 Å². The molecule has 1 fully saturated rings. The lowest BCUT2D eigenvalue weighted by molar-refractivity contribution is -0.123. The molecule has 2 aromatic rings. The number of aryl methyl sites for hydroxylation is 1. The molecule has 1 aromatic heterocycles. The van der Waals surface area contributed by atoms with Crippen LogP contribution in [0.1, 0.15) is 29.3 Å². The van der Waals surface area contributed by atoms with E-state index in [1.807, 2.05) is 18.2 Å². The maximum atomic E-state index is 12.2. The van der Waals surface area contributed by atoms with Crippen LogP contribution in [0.3, 0.4) is 0 Å². The quantitative estimate of drug-likeness (QED) is 0.802. The Hall–Kier alpha value is -2.24. The minimum Gasteiger partial charge on any atom is -0.349 e. The maximum Gasteiger partial charge on any atom is 0.238 e. The van der Waals surface area contributed by atoms with E-state index in [1.54, 1.807) is 6.20 Å². The molecule has 0 aliphatic carbocycles. The summed E-state index contributed by atoms with van der Waals surface area (Å²) in [6, 6.07) is 14.0. The third-order valence-electron chi connectivity index (χ3n) is 3.87. The van der Waals surface area contributed by atoms with E-state index in [4.69, 9.17) is 0 Å². The highest BCUT2D eigenvalue weighted by Gasteiger charge is 2.29. The fourth-order valence-corrected chi connectivity index (χ4v) is 2.55. The van der Waals surface area contributed by atoms with Gasteiger partial charge in [-0.05, 0) is 31.0 Å². The highest BCUT2D eigenvalue weighted by atomic mass is 16.2. The van der Waals surface area contributed by atoms with Gasteiger partial charge in [-0.15, -0.1) is 0 Å². The minimum absolute atomic E-state index is 0.00670. The topological polar surface area (TPSA) is 66.0 Å². The Kier molecular flexibility index (Phi) is 4.46. The number of amides is 1. The number of hydrogen-bond donors (Lipinski definition) is 3. The molecule has 0 spiro atoms. The van der Waals surface area contributed by atoms with Gasteiger partial charge in [-0.1, -0.05) is 35.9 Å². The molecule has 3 rings (SSSR count). The number of benzene rings is 1. The largest absolute Gasteiger partial charge is 0.349 e. The molecule has 1 aliphatic rings. The number of hydrogen-bond acceptors (Lipinski definition) is 4. The van der Waals surface area contributed by atoms with E-state index in [-0.39, 0.29) is 18.0 Å². The Morgan fingerprint density at radius 1 is 1.23 bits per heavy atom. The number of rotatable bonds is 4. The van der Waals surface area contributed by atoms with Gasteiger partial charge in [0.15, 0.2) is 0 Å². The molecule has 2 heterocycles. The second-order valence-electron chi connectivity index (χ2n) is 5.58. The molecule has 0 bridgehead atoms. The molecule has 2 unspecified atom stereocenters. The zero-order chi connectivity index (χ0) is 15.4. The molecule has 5 heteroatoms. The number of nitrogens with zero attached hydrogens (tertiary/aromatic N) is 1. The number of hydrazine groups is 1. The van der Waals surface area contributed by atoms with E-state index in [2.05, 4.69) is 52.3 Å². The maximum absolute atomic E-state index is 12.2. The molecule has 1 amide bonds. The first kappa shape index (κ1) is 14.7. The molecular formula is C17H20N4O. The second-order valence-corrected chi connectivity index (χ2v) is 5.58. The van der Waals surface area contributed by atoms with Crippen molar-refractivity contribution in [3.05, 3.63) is 65.5 Å². The van der Waals surface area contributed by atoms with E-state index in [0.717, 1.165) is 12.1 Å². The van der Waals surface area contributed by atoms with E-state index >= 15 is 0 Å². The minimum atomic E-state index is -0.227. The highest BCUT2D eigenvalue weighted by molar-refractivity contribution is 5.82. The number of pyridine rings is 1. The van der Waals surface area contributed by atoms with Crippen molar-refractivity contribution in [2.75, 3.05) is 0 Å². The van der Waals surface area contributed by atoms with Gasteiger partial charge in [-0.3, -0.25) is 9.78 Å². The standard InChI is InChI=1S/C17H20N4O/c1-12-5-7-13(8-6-12)15-10-16(21-20-15)17(22)19-11-14-4-2-3-9-18-14/h2-9,15-16,20-21H,10-11H2,1H3,(H,19,22). The van der Waals surface area contributed by atoms with Crippen molar-refractivity contribution in [1.29, 1.82) is 0 Å². The summed E-state index contributed by atoms with van der Waals surface area (Å²) in [6.45, 7) is 2.52. The fourth-order valence-electron chi connectivity index (χ4n) is 2.55. The molecule has 3 N–H and O–H groups in total. The van der Waals surface area contributed by atoms with Crippen LogP contribution < -0.4 is 16.2 Å². The Balaban J connectivity index is 1.53. The van der Waals surface area contributed by atoms with E-state index in [0.29, 0.717) is 6.54 Å². The summed E-state index contributed by atoms with van der Waals surface area (Å²) in [5, 5.41) is 2.92. The third kappa shape index (κ3) is 3.50. The predicted octanol–water partition coefficient (Wildman–Crippen LogP) is 1.61. The van der Waals surface area contributed by atoms with Gasteiger partial charge in [-0.25, -0.2) is 10.9 Å². The van der Waals surface area contributed by atoms with E-state index in [9.17, 15) is 4.79 Å². The molecule has 5 nitrogen and oxygen atoms in total. The Labute approximate surface area is 130 Å². The van der Waals surface area contributed by atoms with Crippen LogP contribution in [0.2, 0.25) is 0 Å². The van der Waals surface area contributed by atoms with Crippen LogP contribution in [0.4, 0.5) is 0 Å². The van der Waals surface area contributed by atoms with Crippen molar-refractivity contribution in [2.45, 2.75) is 32.0 Å². The smallest absolute Gasteiger partial charge is 0.238 e. The van der Waals surface area contributed by atoms with Crippen LogP contribution in [0, 0.1) is 6.92 Å². The molecule has 0 saturated carbocycles. The first-order chi connectivity index (χ1) is 10.7. The van der Waals surface area contributed by atoms with Gasteiger partial charge in [0.05, 0.1) is 12.2 Å². The van der Waals surface area contributed by atoms with Crippen LogP contribution in [-0.4, -0.2) is 16.9 Å². The molecule has 1 aliphatic heterocycles. The SMILES string of the molecule is Cc1ccc(C2CC(C(=O)NCc3ccccn3)NN2)cc1. The van der Waals surface area contributed by atoms with Gasteiger partial charge in [0.25, 0.3) is 0 Å². The summed E-state index contributed by atoms with van der Waals surface area (Å²) in [4.78, 5) is 16.4. The zero-order valence-corrected chi connectivity index (χ0v) is 12.5. The lowest BCUT2D eigenvalue weighted by Gasteiger charge is -2.10. The predicted molar refractivity (Wildman–Crippen MR) is 84.7 cm³/mol. The Morgan fingerprint density at radius 2 is 2.05 bits per heavy atom. The van der Waals surface area contributed by atoms with Crippen molar-refractivity contribution in [3.63, 3.8) is 0 Å². The van der Waals surface area contributed by atoms with Crippen molar-refractivity contribution in [3.8, 4) is 0 Å². The number of carbonyl (C=O) groups excluding carboxylic acids is 1. The number of carbonyl (C=O) groups is 1. The molecule has 22 heavy (non-hydrogen) atoms. The highest BCUT2D eigenvalue weighted by Crippen LogP contribution is 2.22. The van der Waals surface area contributed by atoms with E-state index < -0.39 is 0 Å². The van der Waals surface area contributed by atoms with Crippen LogP contribution in [0.5, 0.6) is 0 Å². The first-order valence-electron chi connectivity index (χ1n) is 7.47. The van der Waals surface area contributed by atoms with Crippen LogP contribution in [-0.2, 0) is 11.3 Å². The third-order valence-corrected chi connectivity index (χ3v) is 3.87. The van der Waals surface area contributed by atoms with Crippen molar-refractivity contribution >= 4 is 5.91 Å². The van der Waals surface area contributed by atoms with Crippen LogP contribution >= 0.6 is 0 Å². The lowest BCUT2D eigenvalue weighted by Crippen LogP contribution is -2.42. The number of nitrogens with one attached hydrogen (secondary N) is 3. The van der Waals surface area contributed by atoms with Crippen molar-refractivity contribution in [1.82, 2.24) is 21.2 Å². The summed E-state index contributed by atoms with van der Waals surface area (Å²) >= 11 is 0. The molecule has 114 valence electrons. The summed E-state index contributed by atoms with van der Waals surface area (Å²) in [5.41, 5.74) is 9.55. The molecule has 1 aromatic carbocycles. The average molecular weight is 296 g/mol. The average Bonchev–Trinajstić information content (AvgIpc) is 3.04. The lowest BCUT2D eigenvalue weighted by atomic mass is 10.0. The summed E-state index contributed by atoms with van der Waals surface area (Å²) < 4.78 is 0. The number of aromatic nitrogens is 1. The van der Waals surface area contributed by atoms with Crippen LogP contribution in [0.25, 0.3) is 0 Å².